The van der Waals surface area contributed by atoms with E-state index in [9.17, 15) is 9.59 Å². The van der Waals surface area contributed by atoms with Gasteiger partial charge in [-0.15, -0.1) is 11.3 Å². The molecule has 0 unspecified atom stereocenters. The fourth-order valence-electron chi connectivity index (χ4n) is 4.01. The zero-order valence-electron chi connectivity index (χ0n) is 16.1. The quantitative estimate of drug-likeness (QED) is 0.781. The van der Waals surface area contributed by atoms with Crippen molar-refractivity contribution in [2.45, 2.75) is 39.5 Å². The third-order valence-electron chi connectivity index (χ3n) is 5.83. The van der Waals surface area contributed by atoms with Gasteiger partial charge in [-0.05, 0) is 48.3 Å². The molecule has 1 atom stereocenters. The zero-order chi connectivity index (χ0) is 19.4. The van der Waals surface area contributed by atoms with Crippen molar-refractivity contribution in [3.63, 3.8) is 0 Å². The molecule has 1 fully saturated rings. The number of carbonyl (C=O) groups excluding carboxylic acids is 2. The Morgan fingerprint density at radius 2 is 1.89 bits per heavy atom. The van der Waals surface area contributed by atoms with Gasteiger partial charge in [0.25, 0.3) is 0 Å². The largest absolute Gasteiger partial charge is 0.369 e. The molecule has 0 radical (unpaired) electrons. The van der Waals surface area contributed by atoms with E-state index in [1.165, 1.54) is 10.4 Å². The number of carbonyl (C=O) groups is 2. The van der Waals surface area contributed by atoms with Gasteiger partial charge in [0.2, 0.25) is 11.8 Å². The van der Waals surface area contributed by atoms with Crippen LogP contribution in [-0.4, -0.2) is 29.8 Å². The van der Waals surface area contributed by atoms with Gasteiger partial charge in [-0.2, -0.15) is 0 Å². The minimum Gasteiger partial charge on any atom is -0.369 e. The average Bonchev–Trinajstić information content (AvgIpc) is 3.34. The fourth-order valence-corrected chi connectivity index (χ4v) is 4.74. The summed E-state index contributed by atoms with van der Waals surface area (Å²) in [5.74, 6) is -0.0976. The number of thiophene rings is 1. The van der Waals surface area contributed by atoms with E-state index in [2.05, 4.69) is 35.7 Å². The van der Waals surface area contributed by atoms with E-state index < -0.39 is 5.41 Å². The molecule has 0 saturated carbocycles. The number of nitrogens with zero attached hydrogens (tertiary/aromatic N) is 1. The summed E-state index contributed by atoms with van der Waals surface area (Å²) in [5, 5.41) is 2.06. The number of rotatable bonds is 7. The number of hydrogen-bond acceptors (Lipinski definition) is 3. The number of likely N-dealkylation sites (tertiary alicyclic amines) is 1. The highest BCUT2D eigenvalue weighted by Crippen LogP contribution is 2.36. The molecule has 27 heavy (non-hydrogen) atoms. The summed E-state index contributed by atoms with van der Waals surface area (Å²) < 4.78 is 0. The number of hydrogen-bond donors (Lipinski definition) is 1. The van der Waals surface area contributed by atoms with Gasteiger partial charge in [-0.25, -0.2) is 0 Å². The highest BCUT2D eigenvalue weighted by molar-refractivity contribution is 7.13. The van der Waals surface area contributed by atoms with Gasteiger partial charge >= 0.3 is 0 Å². The van der Waals surface area contributed by atoms with Crippen LogP contribution in [0.3, 0.4) is 0 Å². The van der Waals surface area contributed by atoms with Crippen molar-refractivity contribution in [1.29, 1.82) is 0 Å². The normalized spacial score (nSPS) is 19.6. The molecule has 2 N–H and O–H groups in total. The van der Waals surface area contributed by atoms with Gasteiger partial charge in [0.05, 0.1) is 5.41 Å². The van der Waals surface area contributed by atoms with Crippen molar-refractivity contribution in [3.05, 3.63) is 47.3 Å². The molecule has 0 spiro atoms. The van der Waals surface area contributed by atoms with Gasteiger partial charge in [-0.3, -0.25) is 9.59 Å². The topological polar surface area (TPSA) is 63.4 Å². The summed E-state index contributed by atoms with van der Waals surface area (Å²) in [6, 6.07) is 12.5. The Morgan fingerprint density at radius 3 is 2.44 bits per heavy atom. The molecule has 5 heteroatoms. The van der Waals surface area contributed by atoms with Crippen molar-refractivity contribution in [2.24, 2.45) is 17.1 Å². The molecule has 2 amide bonds. The standard InChI is InChI=1S/C22H28N2O2S/c1-3-17(4-2)20(25)24-12-11-22(15-24,21(23)26)14-16-7-9-18(10-8-16)19-6-5-13-27-19/h5-10,13,17H,3-4,11-12,14-15H2,1-2H3,(H2,23,26)/t22-/m1/s1. The SMILES string of the molecule is CCC(CC)C(=O)N1CC[C@](Cc2ccc(-c3cccs3)cc2)(C(N)=O)C1. The van der Waals surface area contributed by atoms with Crippen molar-refractivity contribution in [1.82, 2.24) is 4.90 Å². The molecule has 1 saturated heterocycles. The highest BCUT2D eigenvalue weighted by Gasteiger charge is 2.45. The molecular weight excluding hydrogens is 356 g/mol. The Kier molecular flexibility index (Phi) is 6.00. The molecule has 0 aliphatic carbocycles. The summed E-state index contributed by atoms with van der Waals surface area (Å²) in [6.07, 6.45) is 2.89. The number of nitrogens with two attached hydrogens (primary N) is 1. The molecular formula is C22H28N2O2S. The van der Waals surface area contributed by atoms with Crippen LogP contribution in [0.5, 0.6) is 0 Å². The maximum Gasteiger partial charge on any atom is 0.225 e. The second-order valence-electron chi connectivity index (χ2n) is 7.52. The molecule has 0 bridgehead atoms. The number of primary amides is 1. The van der Waals surface area contributed by atoms with Crippen molar-refractivity contribution < 1.29 is 9.59 Å². The van der Waals surface area contributed by atoms with E-state index in [4.69, 9.17) is 5.73 Å². The van der Waals surface area contributed by atoms with Crippen molar-refractivity contribution >= 4 is 23.2 Å². The first-order valence-electron chi connectivity index (χ1n) is 9.70. The van der Waals surface area contributed by atoms with Crippen LogP contribution in [0.2, 0.25) is 0 Å². The zero-order valence-corrected chi connectivity index (χ0v) is 16.9. The molecule has 1 aromatic carbocycles. The lowest BCUT2D eigenvalue weighted by Crippen LogP contribution is -2.43. The first-order chi connectivity index (χ1) is 13.0. The van der Waals surface area contributed by atoms with Crippen LogP contribution in [0.15, 0.2) is 41.8 Å². The van der Waals surface area contributed by atoms with E-state index in [0.717, 1.165) is 18.4 Å². The van der Waals surface area contributed by atoms with Crippen LogP contribution in [0.25, 0.3) is 10.4 Å². The Balaban J connectivity index is 1.74. The maximum absolute atomic E-state index is 12.7. The van der Waals surface area contributed by atoms with Crippen molar-refractivity contribution in [2.75, 3.05) is 13.1 Å². The molecule has 144 valence electrons. The predicted molar refractivity (Wildman–Crippen MR) is 110 cm³/mol. The van der Waals surface area contributed by atoms with Crippen LogP contribution in [0, 0.1) is 11.3 Å². The predicted octanol–water partition coefficient (Wildman–Crippen LogP) is 4.10. The van der Waals surface area contributed by atoms with Crippen molar-refractivity contribution in [3.8, 4) is 10.4 Å². The molecule has 2 heterocycles. The third-order valence-corrected chi connectivity index (χ3v) is 6.74. The van der Waals surface area contributed by atoms with E-state index in [-0.39, 0.29) is 17.7 Å². The molecule has 1 aliphatic rings. The van der Waals surface area contributed by atoms with E-state index >= 15 is 0 Å². The van der Waals surface area contributed by atoms with Gasteiger partial charge < -0.3 is 10.6 Å². The van der Waals surface area contributed by atoms with E-state index in [1.54, 1.807) is 11.3 Å². The Morgan fingerprint density at radius 1 is 1.19 bits per heavy atom. The summed E-state index contributed by atoms with van der Waals surface area (Å²) in [4.78, 5) is 28.1. The van der Waals surface area contributed by atoms with Gasteiger partial charge in [0, 0.05) is 23.9 Å². The lowest BCUT2D eigenvalue weighted by Gasteiger charge is -2.27. The molecule has 2 aromatic rings. The van der Waals surface area contributed by atoms with Gasteiger partial charge in [-0.1, -0.05) is 44.2 Å². The van der Waals surface area contributed by atoms with Crippen LogP contribution >= 0.6 is 11.3 Å². The first-order valence-corrected chi connectivity index (χ1v) is 10.6. The third kappa shape index (κ3) is 4.08. The summed E-state index contributed by atoms with van der Waals surface area (Å²) in [5.41, 5.74) is 7.42. The fraction of sp³-hybridized carbons (Fsp3) is 0.455. The summed E-state index contributed by atoms with van der Waals surface area (Å²) in [6.45, 7) is 5.13. The maximum atomic E-state index is 12.7. The lowest BCUT2D eigenvalue weighted by atomic mass is 9.80. The monoisotopic (exact) mass is 384 g/mol. The van der Waals surface area contributed by atoms with Gasteiger partial charge in [0.1, 0.15) is 0 Å². The Hall–Kier alpha value is -2.14. The Bertz CT molecular complexity index is 781. The lowest BCUT2D eigenvalue weighted by molar-refractivity contribution is -0.135. The van der Waals surface area contributed by atoms with Gasteiger partial charge in [0.15, 0.2) is 0 Å². The molecule has 1 aliphatic heterocycles. The van der Waals surface area contributed by atoms with Crippen LogP contribution in [0.1, 0.15) is 38.7 Å². The number of benzene rings is 1. The molecule has 4 nitrogen and oxygen atoms in total. The smallest absolute Gasteiger partial charge is 0.225 e. The van der Waals surface area contributed by atoms with E-state index in [1.807, 2.05) is 24.8 Å². The van der Waals surface area contributed by atoms with Crippen LogP contribution in [-0.2, 0) is 16.0 Å². The highest BCUT2D eigenvalue weighted by atomic mass is 32.1. The van der Waals surface area contributed by atoms with Crippen LogP contribution in [0.4, 0.5) is 0 Å². The van der Waals surface area contributed by atoms with Crippen LogP contribution < -0.4 is 5.73 Å². The summed E-state index contributed by atoms with van der Waals surface area (Å²) >= 11 is 1.71. The minimum atomic E-state index is -0.661. The first kappa shape index (κ1) is 19.6. The molecule has 3 rings (SSSR count). The second kappa shape index (κ2) is 8.26. The minimum absolute atomic E-state index is 0.0405. The summed E-state index contributed by atoms with van der Waals surface area (Å²) in [7, 11) is 0. The Labute approximate surface area is 165 Å². The average molecular weight is 385 g/mol. The second-order valence-corrected chi connectivity index (χ2v) is 8.47. The van der Waals surface area contributed by atoms with E-state index in [0.29, 0.717) is 25.9 Å². The number of amides is 2. The molecule has 1 aromatic heterocycles.